The Kier molecular flexibility index (Phi) is 7.33. The summed E-state index contributed by atoms with van der Waals surface area (Å²) in [5, 5.41) is 26.1. The molecule has 0 aliphatic carbocycles. The van der Waals surface area contributed by atoms with Crippen LogP contribution in [0.25, 0.3) is 22.3 Å². The smallest absolute Gasteiger partial charge is 0.475 e. The van der Waals surface area contributed by atoms with Gasteiger partial charge in [0.2, 0.25) is 5.13 Å². The number of nitrogens with zero attached hydrogens (tertiary/aromatic N) is 6. The number of hydrogen-bond donors (Lipinski definition) is 4. The minimum absolute atomic E-state index is 0.289. The van der Waals surface area contributed by atoms with Crippen LogP contribution in [0.15, 0.2) is 48.8 Å². The molecule has 5 rings (SSSR count). The van der Waals surface area contributed by atoms with Gasteiger partial charge in [0, 0.05) is 53.3 Å². The Hall–Kier alpha value is -4.86. The van der Waals surface area contributed by atoms with E-state index in [2.05, 4.69) is 40.3 Å². The number of carboxylic acids is 1. The monoisotopic (exact) mass is 545 g/mol. The van der Waals surface area contributed by atoms with Gasteiger partial charge in [-0.1, -0.05) is 0 Å². The summed E-state index contributed by atoms with van der Waals surface area (Å²) in [4.78, 5) is 30.1. The van der Waals surface area contributed by atoms with Gasteiger partial charge in [-0.05, 0) is 43.3 Å². The number of aryl methyl sites for hydroxylation is 2. The van der Waals surface area contributed by atoms with E-state index in [1.165, 1.54) is 16.2 Å². The molecule has 4 heterocycles. The predicted octanol–water partition coefficient (Wildman–Crippen LogP) is 4.15. The zero-order valence-electron chi connectivity index (χ0n) is 19.6. The number of H-pyrrole nitrogens is 1. The molecule has 0 saturated heterocycles. The fraction of sp³-hybridized carbons (Fsp3) is 0.136. The lowest BCUT2D eigenvalue weighted by Gasteiger charge is -2.05. The molecule has 5 aromatic rings. The molecule has 0 radical (unpaired) electrons. The van der Waals surface area contributed by atoms with E-state index in [4.69, 9.17) is 9.90 Å². The van der Waals surface area contributed by atoms with E-state index in [1.54, 1.807) is 37.6 Å². The van der Waals surface area contributed by atoms with Crippen LogP contribution in [0, 0.1) is 6.92 Å². The van der Waals surface area contributed by atoms with Gasteiger partial charge in [0.15, 0.2) is 5.82 Å². The number of anilines is 3. The highest BCUT2D eigenvalue weighted by Gasteiger charge is 2.38. The lowest BCUT2D eigenvalue weighted by molar-refractivity contribution is -0.192. The van der Waals surface area contributed by atoms with Gasteiger partial charge in [-0.3, -0.25) is 14.6 Å². The highest BCUT2D eigenvalue weighted by Crippen LogP contribution is 2.27. The number of aromatic nitrogens is 7. The average molecular weight is 546 g/mol. The van der Waals surface area contributed by atoms with Gasteiger partial charge < -0.3 is 15.7 Å². The number of hydrogen-bond acceptors (Lipinski definition) is 9. The van der Waals surface area contributed by atoms with E-state index in [9.17, 15) is 18.0 Å². The number of halogens is 3. The largest absolute Gasteiger partial charge is 0.490 e. The van der Waals surface area contributed by atoms with Gasteiger partial charge in [-0.2, -0.15) is 32.7 Å². The van der Waals surface area contributed by atoms with Crippen molar-refractivity contribution >= 4 is 50.9 Å². The summed E-state index contributed by atoms with van der Waals surface area (Å²) in [6.07, 6.45) is -1.91. The summed E-state index contributed by atoms with van der Waals surface area (Å²) >= 11 is 1.26. The van der Waals surface area contributed by atoms with Crippen LogP contribution in [-0.4, -0.2) is 57.5 Å². The Bertz CT molecular complexity index is 1610. The van der Waals surface area contributed by atoms with Crippen LogP contribution < -0.4 is 10.6 Å². The number of aromatic amines is 1. The first kappa shape index (κ1) is 26.2. The van der Waals surface area contributed by atoms with Gasteiger partial charge in [0.25, 0.3) is 5.91 Å². The number of amides is 1. The first-order valence-corrected chi connectivity index (χ1v) is 11.4. The number of aliphatic carboxylic acids is 1. The number of fused-ring (bicyclic) bond motifs is 1. The number of rotatable bonds is 5. The van der Waals surface area contributed by atoms with E-state index in [0.29, 0.717) is 22.5 Å². The SMILES string of the molecule is Cc1[nH]nc2ccc(Nc3nc(-c4ccnc(NC(=O)c5ccnn5C)c4)ns3)cc12.O=C(O)C(F)(F)F. The van der Waals surface area contributed by atoms with Crippen molar-refractivity contribution in [2.45, 2.75) is 13.1 Å². The molecule has 1 amide bonds. The van der Waals surface area contributed by atoms with Crippen molar-refractivity contribution in [1.29, 1.82) is 0 Å². The molecule has 0 bridgehead atoms. The summed E-state index contributed by atoms with van der Waals surface area (Å²) < 4.78 is 37.7. The van der Waals surface area contributed by atoms with Crippen molar-refractivity contribution in [2.24, 2.45) is 7.05 Å². The molecule has 1 aromatic carbocycles. The lowest BCUT2D eigenvalue weighted by atomic mass is 10.2. The molecule has 16 heteroatoms. The molecule has 0 fully saturated rings. The van der Waals surface area contributed by atoms with Crippen LogP contribution >= 0.6 is 11.5 Å². The highest BCUT2D eigenvalue weighted by molar-refractivity contribution is 7.09. The molecule has 0 aliphatic rings. The molecule has 0 unspecified atom stereocenters. The van der Waals surface area contributed by atoms with Crippen molar-refractivity contribution in [3.05, 3.63) is 60.2 Å². The third kappa shape index (κ3) is 6.09. The van der Waals surface area contributed by atoms with Crippen molar-refractivity contribution in [1.82, 2.24) is 34.3 Å². The molecule has 12 nitrogen and oxygen atoms in total. The van der Waals surface area contributed by atoms with Gasteiger partial charge in [0.1, 0.15) is 11.5 Å². The van der Waals surface area contributed by atoms with E-state index >= 15 is 0 Å². The Morgan fingerprint density at radius 2 is 1.89 bits per heavy atom. The number of carboxylic acid groups (broad SMARTS) is 1. The minimum atomic E-state index is -5.08. The highest BCUT2D eigenvalue weighted by atomic mass is 32.1. The van der Waals surface area contributed by atoms with Crippen molar-refractivity contribution in [3.63, 3.8) is 0 Å². The van der Waals surface area contributed by atoms with E-state index < -0.39 is 12.1 Å². The number of benzene rings is 1. The van der Waals surface area contributed by atoms with Crippen LogP contribution in [0.2, 0.25) is 0 Å². The molecule has 0 atom stereocenters. The first-order valence-electron chi connectivity index (χ1n) is 10.6. The van der Waals surface area contributed by atoms with Crippen molar-refractivity contribution in [2.75, 3.05) is 10.6 Å². The molecule has 196 valence electrons. The number of pyridine rings is 1. The van der Waals surface area contributed by atoms with E-state index in [1.807, 2.05) is 25.1 Å². The standard InChI is InChI=1S/C20H17N9OS.C2HF3O2/c1-11-14-10-13(3-4-15(14)27-26-11)23-20-25-18(28-31-20)12-5-7-21-17(9-12)24-19(30)16-6-8-22-29(16)2;3-2(4,5)1(6)7/h3-10H,1-2H3,(H,26,27)(H,21,24,30)(H,23,25,28);(H,6,7). The minimum Gasteiger partial charge on any atom is -0.475 e. The number of alkyl halides is 3. The van der Waals surface area contributed by atoms with E-state index in [-0.39, 0.29) is 5.91 Å². The van der Waals surface area contributed by atoms with Gasteiger partial charge in [-0.25, -0.2) is 9.78 Å². The molecule has 0 spiro atoms. The van der Waals surface area contributed by atoms with Crippen LogP contribution in [0.3, 0.4) is 0 Å². The van der Waals surface area contributed by atoms with Crippen LogP contribution in [0.5, 0.6) is 0 Å². The Morgan fingerprint density at radius 1 is 1.13 bits per heavy atom. The molecular weight excluding hydrogens is 527 g/mol. The molecule has 0 aliphatic heterocycles. The topological polar surface area (TPSA) is 164 Å². The molecule has 4 N–H and O–H groups in total. The number of carbonyl (C=O) groups is 2. The second-order valence-corrected chi connectivity index (χ2v) is 8.41. The maximum atomic E-state index is 12.4. The molecule has 4 aromatic heterocycles. The predicted molar refractivity (Wildman–Crippen MR) is 132 cm³/mol. The average Bonchev–Trinajstić information content (AvgIpc) is 3.60. The maximum absolute atomic E-state index is 12.4. The van der Waals surface area contributed by atoms with Gasteiger partial charge >= 0.3 is 12.1 Å². The number of nitrogens with one attached hydrogen (secondary N) is 3. The molecule has 0 saturated carbocycles. The quantitative estimate of drug-likeness (QED) is 0.254. The second-order valence-electron chi connectivity index (χ2n) is 7.66. The normalized spacial score (nSPS) is 11.1. The van der Waals surface area contributed by atoms with Crippen molar-refractivity contribution in [3.8, 4) is 11.4 Å². The lowest BCUT2D eigenvalue weighted by Crippen LogP contribution is -2.21. The maximum Gasteiger partial charge on any atom is 0.490 e. The molecule has 38 heavy (non-hydrogen) atoms. The Morgan fingerprint density at radius 3 is 2.58 bits per heavy atom. The van der Waals surface area contributed by atoms with Gasteiger partial charge in [-0.15, -0.1) is 0 Å². The number of carbonyl (C=O) groups excluding carboxylic acids is 1. The Balaban J connectivity index is 0.000000426. The van der Waals surface area contributed by atoms with E-state index in [0.717, 1.165) is 27.8 Å². The van der Waals surface area contributed by atoms with Crippen molar-refractivity contribution < 1.29 is 27.9 Å². The summed E-state index contributed by atoms with van der Waals surface area (Å²) in [5.74, 6) is -2.09. The third-order valence-electron chi connectivity index (χ3n) is 4.98. The molecular formula is C22H18F3N9O3S. The Labute approximate surface area is 215 Å². The second kappa shape index (κ2) is 10.6. The van der Waals surface area contributed by atoms with Crippen LogP contribution in [0.4, 0.5) is 29.8 Å². The van der Waals surface area contributed by atoms with Crippen LogP contribution in [0.1, 0.15) is 16.2 Å². The third-order valence-corrected chi connectivity index (χ3v) is 5.61. The summed E-state index contributed by atoms with van der Waals surface area (Å²) in [6, 6.07) is 11.1. The summed E-state index contributed by atoms with van der Waals surface area (Å²) in [7, 11) is 1.71. The zero-order valence-corrected chi connectivity index (χ0v) is 20.4. The van der Waals surface area contributed by atoms with Crippen LogP contribution in [-0.2, 0) is 11.8 Å². The summed E-state index contributed by atoms with van der Waals surface area (Å²) in [5.41, 5.74) is 4.02. The summed E-state index contributed by atoms with van der Waals surface area (Å²) in [6.45, 7) is 1.98. The fourth-order valence-electron chi connectivity index (χ4n) is 3.15. The first-order chi connectivity index (χ1) is 18.0. The van der Waals surface area contributed by atoms with Gasteiger partial charge in [0.05, 0.1) is 5.52 Å². The fourth-order valence-corrected chi connectivity index (χ4v) is 3.76. The zero-order chi connectivity index (χ0) is 27.4.